The molecule has 0 atom stereocenters. The molecule has 0 bridgehead atoms. The fourth-order valence-electron chi connectivity index (χ4n) is 4.18. The number of carbonyl (C=O) groups is 1. The van der Waals surface area contributed by atoms with Gasteiger partial charge in [-0.1, -0.05) is 18.2 Å². The number of benzene rings is 2. The Labute approximate surface area is 186 Å². The van der Waals surface area contributed by atoms with Crippen LogP contribution in [-0.2, 0) is 29.0 Å². The maximum Gasteiger partial charge on any atom is 0.223 e. The largest absolute Gasteiger partial charge is 0.491 e. The van der Waals surface area contributed by atoms with E-state index in [0.717, 1.165) is 54.7 Å². The van der Waals surface area contributed by atoms with Gasteiger partial charge in [-0.05, 0) is 29.8 Å². The highest BCUT2D eigenvalue weighted by atomic mass is 32.1. The van der Waals surface area contributed by atoms with E-state index in [4.69, 9.17) is 9.47 Å². The summed E-state index contributed by atoms with van der Waals surface area (Å²) in [4.78, 5) is 22.0. The summed E-state index contributed by atoms with van der Waals surface area (Å²) in [6.45, 7) is 6.17. The number of fused-ring (bicyclic) bond motifs is 2. The number of hydrogen-bond acceptors (Lipinski definition) is 6. The monoisotopic (exact) mass is 437 g/mol. The molecule has 1 amide bonds. The number of nitrogens with zero attached hydrogens (tertiary/aromatic N) is 3. The van der Waals surface area contributed by atoms with E-state index in [0.29, 0.717) is 32.5 Å². The molecule has 1 aromatic heterocycles. The van der Waals surface area contributed by atoms with Gasteiger partial charge in [0.1, 0.15) is 12.4 Å². The second kappa shape index (κ2) is 9.34. The van der Waals surface area contributed by atoms with Crippen molar-refractivity contribution in [2.24, 2.45) is 0 Å². The fourth-order valence-corrected chi connectivity index (χ4v) is 5.14. The minimum absolute atomic E-state index is 0.161. The van der Waals surface area contributed by atoms with Crippen LogP contribution in [0.25, 0.3) is 10.2 Å². The third-order valence-corrected chi connectivity index (χ3v) is 6.95. The van der Waals surface area contributed by atoms with E-state index in [9.17, 15) is 4.79 Å². The van der Waals surface area contributed by atoms with E-state index in [1.54, 1.807) is 11.3 Å². The summed E-state index contributed by atoms with van der Waals surface area (Å²) in [5, 5.41) is 1.02. The van der Waals surface area contributed by atoms with E-state index in [2.05, 4.69) is 34.1 Å². The van der Waals surface area contributed by atoms with Gasteiger partial charge in [-0.15, -0.1) is 11.3 Å². The van der Waals surface area contributed by atoms with Crippen molar-refractivity contribution in [1.29, 1.82) is 0 Å². The molecule has 3 heterocycles. The Morgan fingerprint density at radius 3 is 2.81 bits per heavy atom. The van der Waals surface area contributed by atoms with Gasteiger partial charge in [0.25, 0.3) is 0 Å². The number of aromatic nitrogens is 1. The normalized spacial score (nSPS) is 17.2. The molecule has 0 spiro atoms. The lowest BCUT2D eigenvalue weighted by Gasteiger charge is -2.27. The third kappa shape index (κ3) is 4.89. The average Bonchev–Trinajstić information content (AvgIpc) is 3.10. The number of para-hydroxylation sites is 1. The zero-order chi connectivity index (χ0) is 21.0. The summed E-state index contributed by atoms with van der Waals surface area (Å²) in [6, 6.07) is 14.5. The first-order valence-corrected chi connectivity index (χ1v) is 11.7. The molecule has 3 aromatic rings. The summed E-state index contributed by atoms with van der Waals surface area (Å²) in [7, 11) is 0. The highest BCUT2D eigenvalue weighted by Crippen LogP contribution is 2.26. The number of amides is 1. The highest BCUT2D eigenvalue weighted by molar-refractivity contribution is 7.18. The van der Waals surface area contributed by atoms with Crippen molar-refractivity contribution in [1.82, 2.24) is 14.8 Å². The molecule has 31 heavy (non-hydrogen) atoms. The van der Waals surface area contributed by atoms with E-state index in [-0.39, 0.29) is 5.91 Å². The summed E-state index contributed by atoms with van der Waals surface area (Å²) < 4.78 is 12.6. The van der Waals surface area contributed by atoms with Crippen LogP contribution in [0.2, 0.25) is 0 Å². The molecule has 0 saturated carbocycles. The van der Waals surface area contributed by atoms with Crippen LogP contribution in [-0.4, -0.2) is 60.1 Å². The second-order valence-corrected chi connectivity index (χ2v) is 9.18. The molecule has 162 valence electrons. The zero-order valence-corrected chi connectivity index (χ0v) is 18.4. The predicted molar refractivity (Wildman–Crippen MR) is 121 cm³/mol. The first kappa shape index (κ1) is 20.4. The molecule has 2 aromatic carbocycles. The summed E-state index contributed by atoms with van der Waals surface area (Å²) in [5.41, 5.74) is 3.37. The lowest BCUT2D eigenvalue weighted by molar-refractivity contribution is -0.131. The van der Waals surface area contributed by atoms with Gasteiger partial charge >= 0.3 is 0 Å². The minimum atomic E-state index is 0.161. The number of morpholine rings is 1. The Morgan fingerprint density at radius 1 is 1.06 bits per heavy atom. The number of ether oxygens (including phenoxy) is 2. The molecule has 1 saturated heterocycles. The molecule has 0 unspecified atom stereocenters. The average molecular weight is 438 g/mol. The van der Waals surface area contributed by atoms with Crippen molar-refractivity contribution in [3.8, 4) is 5.75 Å². The number of thiazole rings is 1. The summed E-state index contributed by atoms with van der Waals surface area (Å²) >= 11 is 1.68. The van der Waals surface area contributed by atoms with E-state index >= 15 is 0 Å². The van der Waals surface area contributed by atoms with Crippen molar-refractivity contribution in [3.05, 3.63) is 58.6 Å². The molecule has 0 radical (unpaired) electrons. The summed E-state index contributed by atoms with van der Waals surface area (Å²) in [6.07, 6.45) is 1.15. The number of rotatable bonds is 5. The Balaban J connectivity index is 1.23. The molecule has 5 rings (SSSR count). The van der Waals surface area contributed by atoms with Crippen LogP contribution in [0.15, 0.2) is 42.5 Å². The van der Waals surface area contributed by atoms with Gasteiger partial charge in [0, 0.05) is 44.6 Å². The zero-order valence-electron chi connectivity index (χ0n) is 17.6. The quantitative estimate of drug-likeness (QED) is 0.612. The Morgan fingerprint density at radius 2 is 1.94 bits per heavy atom. The Bertz CT molecular complexity index is 1030. The van der Waals surface area contributed by atoms with Gasteiger partial charge in [-0.3, -0.25) is 9.69 Å². The van der Waals surface area contributed by atoms with Crippen LogP contribution in [0.1, 0.15) is 22.6 Å². The molecule has 0 aliphatic carbocycles. The highest BCUT2D eigenvalue weighted by Gasteiger charge is 2.21. The lowest BCUT2D eigenvalue weighted by atomic mass is 10.1. The Hall–Kier alpha value is -2.48. The van der Waals surface area contributed by atoms with E-state index < -0.39 is 0 Å². The first-order chi connectivity index (χ1) is 15.2. The van der Waals surface area contributed by atoms with Gasteiger partial charge in [0.2, 0.25) is 5.91 Å². The molecule has 6 nitrogen and oxygen atoms in total. The van der Waals surface area contributed by atoms with Gasteiger partial charge in [0.15, 0.2) is 0 Å². The summed E-state index contributed by atoms with van der Waals surface area (Å²) in [5.74, 6) is 1.06. The number of aryl methyl sites for hydroxylation is 1. The molecular formula is C24H27N3O3S. The predicted octanol–water partition coefficient (Wildman–Crippen LogP) is 3.48. The van der Waals surface area contributed by atoms with Crippen LogP contribution >= 0.6 is 11.3 Å². The van der Waals surface area contributed by atoms with Gasteiger partial charge in [0.05, 0.1) is 35.0 Å². The van der Waals surface area contributed by atoms with Crippen LogP contribution in [0.5, 0.6) is 5.75 Å². The van der Waals surface area contributed by atoms with E-state index in [1.807, 2.05) is 23.1 Å². The second-order valence-electron chi connectivity index (χ2n) is 8.07. The molecule has 0 N–H and O–H groups in total. The number of carbonyl (C=O) groups excluding carboxylic acids is 1. The molecule has 2 aliphatic rings. The van der Waals surface area contributed by atoms with Crippen LogP contribution < -0.4 is 4.74 Å². The van der Waals surface area contributed by atoms with Crippen LogP contribution in [0.4, 0.5) is 0 Å². The van der Waals surface area contributed by atoms with Crippen molar-refractivity contribution in [2.45, 2.75) is 25.9 Å². The van der Waals surface area contributed by atoms with Crippen LogP contribution in [0.3, 0.4) is 0 Å². The Kier molecular flexibility index (Phi) is 6.15. The fraction of sp³-hybridized carbons (Fsp3) is 0.417. The van der Waals surface area contributed by atoms with Gasteiger partial charge in [-0.25, -0.2) is 4.98 Å². The van der Waals surface area contributed by atoms with E-state index in [1.165, 1.54) is 10.3 Å². The SMILES string of the molecule is O=C(CCc1nc2ccccc2s1)N1CCOc2ccc(CN3CCOCC3)cc2C1. The maximum absolute atomic E-state index is 13.0. The van der Waals surface area contributed by atoms with Crippen molar-refractivity contribution < 1.29 is 14.3 Å². The van der Waals surface area contributed by atoms with Crippen molar-refractivity contribution in [2.75, 3.05) is 39.5 Å². The minimum Gasteiger partial charge on any atom is -0.491 e. The number of hydrogen-bond donors (Lipinski definition) is 0. The standard InChI is InChI=1S/C24H27N3O3S/c28-24(8-7-23-25-20-3-1-2-4-22(20)31-23)27-11-14-30-21-6-5-18(15-19(21)17-27)16-26-9-12-29-13-10-26/h1-6,15H,7-14,16-17H2. The first-order valence-electron chi connectivity index (χ1n) is 10.9. The lowest BCUT2D eigenvalue weighted by Crippen LogP contribution is -2.35. The van der Waals surface area contributed by atoms with Crippen LogP contribution in [0, 0.1) is 0 Å². The third-order valence-electron chi connectivity index (χ3n) is 5.86. The van der Waals surface area contributed by atoms with Gasteiger partial charge < -0.3 is 14.4 Å². The molecule has 2 aliphatic heterocycles. The van der Waals surface area contributed by atoms with Crippen molar-refractivity contribution in [3.63, 3.8) is 0 Å². The molecular weight excluding hydrogens is 410 g/mol. The molecule has 7 heteroatoms. The van der Waals surface area contributed by atoms with Crippen molar-refractivity contribution >= 4 is 27.5 Å². The van der Waals surface area contributed by atoms with Gasteiger partial charge in [-0.2, -0.15) is 0 Å². The smallest absolute Gasteiger partial charge is 0.223 e. The maximum atomic E-state index is 13.0. The topological polar surface area (TPSA) is 54.9 Å². The molecule has 1 fully saturated rings.